The second kappa shape index (κ2) is 6.96. The molecule has 0 saturated carbocycles. The maximum atomic E-state index is 13.0. The number of rotatable bonds is 3. The molecule has 1 aromatic heterocycles. The highest BCUT2D eigenvalue weighted by molar-refractivity contribution is 5.85. The van der Waals surface area contributed by atoms with Gasteiger partial charge in [-0.3, -0.25) is 9.69 Å². The van der Waals surface area contributed by atoms with E-state index in [2.05, 4.69) is 11.8 Å². The molecule has 1 N–H and O–H groups in total. The van der Waals surface area contributed by atoms with E-state index >= 15 is 0 Å². The van der Waals surface area contributed by atoms with Crippen molar-refractivity contribution in [3.8, 4) is 16.9 Å². The third kappa shape index (κ3) is 3.13. The number of likely N-dealkylation sites (tertiary alicyclic amines) is 1. The summed E-state index contributed by atoms with van der Waals surface area (Å²) in [5.41, 5.74) is 2.51. The van der Waals surface area contributed by atoms with Gasteiger partial charge < -0.3 is 9.52 Å². The fourth-order valence-corrected chi connectivity index (χ4v) is 3.66. The zero-order valence-corrected chi connectivity index (χ0v) is 14.9. The molecular formula is C22H23NO3. The van der Waals surface area contributed by atoms with Gasteiger partial charge >= 0.3 is 0 Å². The Morgan fingerprint density at radius 2 is 1.85 bits per heavy atom. The summed E-state index contributed by atoms with van der Waals surface area (Å²) in [6, 6.07) is 12.8. The van der Waals surface area contributed by atoms with Gasteiger partial charge in [0.25, 0.3) is 0 Å². The molecule has 0 atom stereocenters. The van der Waals surface area contributed by atoms with E-state index in [1.54, 1.807) is 12.1 Å². The average molecular weight is 349 g/mol. The van der Waals surface area contributed by atoms with E-state index in [0.717, 1.165) is 37.4 Å². The van der Waals surface area contributed by atoms with Crippen LogP contribution in [0.1, 0.15) is 25.3 Å². The van der Waals surface area contributed by atoms with Crippen LogP contribution in [0.4, 0.5) is 0 Å². The van der Waals surface area contributed by atoms with E-state index in [1.807, 2.05) is 30.3 Å². The van der Waals surface area contributed by atoms with E-state index in [1.165, 1.54) is 6.26 Å². The molecule has 0 radical (unpaired) electrons. The highest BCUT2D eigenvalue weighted by atomic mass is 16.3. The summed E-state index contributed by atoms with van der Waals surface area (Å²) in [5, 5.41) is 10.9. The van der Waals surface area contributed by atoms with Gasteiger partial charge in [0.15, 0.2) is 0 Å². The Kier molecular flexibility index (Phi) is 4.51. The van der Waals surface area contributed by atoms with Gasteiger partial charge in [0, 0.05) is 6.54 Å². The first-order valence-corrected chi connectivity index (χ1v) is 9.17. The number of hydrogen-bond acceptors (Lipinski definition) is 4. The SMILES string of the molecule is CC1CCN(Cc2c(O)ccc3c(=O)c(-c4ccccc4)coc23)CC1. The highest BCUT2D eigenvalue weighted by Crippen LogP contribution is 2.30. The molecule has 26 heavy (non-hydrogen) atoms. The standard InChI is InChI=1S/C22H23NO3/c1-15-9-11-23(12-10-15)13-18-20(24)8-7-17-21(25)19(14-26-22(17)18)16-5-3-2-4-6-16/h2-8,14-15,24H,9-13H2,1H3. The maximum Gasteiger partial charge on any atom is 0.200 e. The number of hydrogen-bond donors (Lipinski definition) is 1. The topological polar surface area (TPSA) is 53.7 Å². The van der Waals surface area contributed by atoms with Crippen LogP contribution in [-0.2, 0) is 6.54 Å². The summed E-state index contributed by atoms with van der Waals surface area (Å²) in [6.45, 7) is 4.88. The quantitative estimate of drug-likeness (QED) is 0.761. The van der Waals surface area contributed by atoms with Crippen LogP contribution in [0, 0.1) is 5.92 Å². The molecule has 2 aromatic carbocycles. The van der Waals surface area contributed by atoms with Crippen LogP contribution in [0.5, 0.6) is 5.75 Å². The minimum atomic E-state index is -0.0639. The Morgan fingerprint density at radius 3 is 2.58 bits per heavy atom. The van der Waals surface area contributed by atoms with Gasteiger partial charge in [0.05, 0.1) is 16.5 Å². The first-order valence-electron chi connectivity index (χ1n) is 9.17. The molecule has 2 heterocycles. The first kappa shape index (κ1) is 16.9. The summed E-state index contributed by atoms with van der Waals surface area (Å²) in [6.07, 6.45) is 3.84. The zero-order chi connectivity index (χ0) is 18.1. The van der Waals surface area contributed by atoms with Crippen molar-refractivity contribution in [2.75, 3.05) is 13.1 Å². The van der Waals surface area contributed by atoms with Crippen molar-refractivity contribution in [2.45, 2.75) is 26.3 Å². The summed E-state index contributed by atoms with van der Waals surface area (Å²) < 4.78 is 5.87. The van der Waals surface area contributed by atoms with Crippen molar-refractivity contribution in [1.82, 2.24) is 4.90 Å². The fraction of sp³-hybridized carbons (Fsp3) is 0.318. The van der Waals surface area contributed by atoms with Crippen molar-refractivity contribution >= 4 is 11.0 Å². The molecule has 0 bridgehead atoms. The van der Waals surface area contributed by atoms with Crippen molar-refractivity contribution in [1.29, 1.82) is 0 Å². The van der Waals surface area contributed by atoms with Gasteiger partial charge in [0.2, 0.25) is 5.43 Å². The fourth-order valence-electron chi connectivity index (χ4n) is 3.66. The molecule has 3 aromatic rings. The van der Waals surface area contributed by atoms with Gasteiger partial charge in [-0.2, -0.15) is 0 Å². The van der Waals surface area contributed by atoms with Gasteiger partial charge in [-0.15, -0.1) is 0 Å². The number of benzene rings is 2. The Balaban J connectivity index is 1.76. The molecule has 4 nitrogen and oxygen atoms in total. The van der Waals surface area contributed by atoms with Crippen LogP contribution < -0.4 is 5.43 Å². The predicted octanol–water partition coefficient (Wildman–Crippen LogP) is 4.40. The molecule has 0 spiro atoms. The Hall–Kier alpha value is -2.59. The van der Waals surface area contributed by atoms with Crippen LogP contribution in [0.3, 0.4) is 0 Å². The van der Waals surface area contributed by atoms with E-state index in [0.29, 0.717) is 28.6 Å². The molecule has 1 saturated heterocycles. The number of piperidine rings is 1. The highest BCUT2D eigenvalue weighted by Gasteiger charge is 2.20. The summed E-state index contributed by atoms with van der Waals surface area (Å²) >= 11 is 0. The second-order valence-corrected chi connectivity index (χ2v) is 7.24. The van der Waals surface area contributed by atoms with Gasteiger partial charge in [-0.1, -0.05) is 37.3 Å². The lowest BCUT2D eigenvalue weighted by atomic mass is 9.98. The number of nitrogens with zero attached hydrogens (tertiary/aromatic N) is 1. The molecular weight excluding hydrogens is 326 g/mol. The summed E-state index contributed by atoms with van der Waals surface area (Å²) in [4.78, 5) is 15.3. The molecule has 1 fully saturated rings. The van der Waals surface area contributed by atoms with Crippen molar-refractivity contribution in [2.24, 2.45) is 5.92 Å². The number of fused-ring (bicyclic) bond motifs is 1. The number of aromatic hydroxyl groups is 1. The molecule has 0 unspecified atom stereocenters. The first-order chi connectivity index (χ1) is 12.6. The lowest BCUT2D eigenvalue weighted by molar-refractivity contribution is 0.184. The summed E-state index contributed by atoms with van der Waals surface area (Å²) in [5.74, 6) is 0.936. The van der Waals surface area contributed by atoms with Crippen LogP contribution in [-0.4, -0.2) is 23.1 Å². The number of phenols is 1. The smallest absolute Gasteiger partial charge is 0.200 e. The van der Waals surface area contributed by atoms with Crippen molar-refractivity contribution in [3.63, 3.8) is 0 Å². The predicted molar refractivity (Wildman–Crippen MR) is 103 cm³/mol. The van der Waals surface area contributed by atoms with E-state index in [-0.39, 0.29) is 11.2 Å². The minimum absolute atomic E-state index is 0.0639. The molecule has 1 aliphatic rings. The van der Waals surface area contributed by atoms with Crippen molar-refractivity contribution < 1.29 is 9.52 Å². The zero-order valence-electron chi connectivity index (χ0n) is 14.9. The van der Waals surface area contributed by atoms with Gasteiger partial charge in [0.1, 0.15) is 17.6 Å². The molecule has 4 rings (SSSR count). The van der Waals surface area contributed by atoms with Crippen molar-refractivity contribution in [3.05, 3.63) is 64.5 Å². The molecule has 1 aliphatic heterocycles. The normalized spacial score (nSPS) is 16.2. The van der Waals surface area contributed by atoms with E-state index in [9.17, 15) is 9.90 Å². The average Bonchev–Trinajstić information content (AvgIpc) is 2.66. The van der Waals surface area contributed by atoms with Gasteiger partial charge in [-0.05, 0) is 49.5 Å². The lowest BCUT2D eigenvalue weighted by Gasteiger charge is -2.30. The Morgan fingerprint density at radius 1 is 1.12 bits per heavy atom. The molecule has 134 valence electrons. The molecule has 0 amide bonds. The lowest BCUT2D eigenvalue weighted by Crippen LogP contribution is -2.32. The Bertz CT molecular complexity index is 970. The molecule has 4 heteroatoms. The van der Waals surface area contributed by atoms with Crippen LogP contribution >= 0.6 is 0 Å². The largest absolute Gasteiger partial charge is 0.507 e. The van der Waals surface area contributed by atoms with Crippen LogP contribution in [0.25, 0.3) is 22.1 Å². The van der Waals surface area contributed by atoms with Crippen LogP contribution in [0.2, 0.25) is 0 Å². The second-order valence-electron chi connectivity index (χ2n) is 7.24. The minimum Gasteiger partial charge on any atom is -0.507 e. The third-order valence-electron chi connectivity index (χ3n) is 5.36. The van der Waals surface area contributed by atoms with Gasteiger partial charge in [-0.25, -0.2) is 0 Å². The van der Waals surface area contributed by atoms with E-state index in [4.69, 9.17) is 4.42 Å². The third-order valence-corrected chi connectivity index (χ3v) is 5.36. The summed E-state index contributed by atoms with van der Waals surface area (Å²) in [7, 11) is 0. The van der Waals surface area contributed by atoms with Crippen LogP contribution in [0.15, 0.2) is 57.9 Å². The maximum absolute atomic E-state index is 13.0. The number of phenolic OH excluding ortho intramolecular Hbond substituents is 1. The molecule has 0 aliphatic carbocycles. The Labute approximate surface area is 152 Å². The monoisotopic (exact) mass is 349 g/mol. The van der Waals surface area contributed by atoms with E-state index < -0.39 is 0 Å².